The highest BCUT2D eigenvalue weighted by molar-refractivity contribution is 5.40. The topological polar surface area (TPSA) is 75.9 Å². The van der Waals surface area contributed by atoms with Crippen LogP contribution in [-0.4, -0.2) is 16.0 Å². The molecular formula is C12H21N5. The molecule has 1 saturated carbocycles. The van der Waals surface area contributed by atoms with Gasteiger partial charge in [-0.2, -0.15) is 4.98 Å². The Morgan fingerprint density at radius 1 is 1.41 bits per heavy atom. The summed E-state index contributed by atoms with van der Waals surface area (Å²) in [5, 5.41) is 3.50. The zero-order valence-corrected chi connectivity index (χ0v) is 10.5. The summed E-state index contributed by atoms with van der Waals surface area (Å²) in [4.78, 5) is 8.29. The number of nitrogens with one attached hydrogen (secondary N) is 2. The van der Waals surface area contributed by atoms with Crippen LogP contribution in [0.15, 0.2) is 12.3 Å². The van der Waals surface area contributed by atoms with Crippen LogP contribution >= 0.6 is 0 Å². The summed E-state index contributed by atoms with van der Waals surface area (Å²) in [7, 11) is 0. The third-order valence-corrected chi connectivity index (χ3v) is 3.61. The van der Waals surface area contributed by atoms with Gasteiger partial charge in [-0.05, 0) is 24.3 Å². The van der Waals surface area contributed by atoms with Crippen molar-refractivity contribution < 1.29 is 0 Å². The quantitative estimate of drug-likeness (QED) is 0.553. The molecule has 5 heteroatoms. The Kier molecular flexibility index (Phi) is 3.47. The normalized spacial score (nSPS) is 23.1. The predicted octanol–water partition coefficient (Wildman–Crippen LogP) is 2.14. The number of nitrogen functional groups attached to an aromatic ring is 1. The molecule has 4 N–H and O–H groups in total. The van der Waals surface area contributed by atoms with Gasteiger partial charge in [0.25, 0.3) is 0 Å². The summed E-state index contributed by atoms with van der Waals surface area (Å²) in [6.07, 6.45) is 6.78. The highest BCUT2D eigenvalue weighted by Gasteiger charge is 2.32. The Balaban J connectivity index is 2.08. The number of anilines is 2. The average molecular weight is 235 g/mol. The smallest absolute Gasteiger partial charge is 0.239 e. The van der Waals surface area contributed by atoms with Gasteiger partial charge in [0.1, 0.15) is 5.82 Å². The first-order valence-corrected chi connectivity index (χ1v) is 6.18. The van der Waals surface area contributed by atoms with Crippen molar-refractivity contribution in [2.75, 3.05) is 10.7 Å². The number of nitrogens with two attached hydrogens (primary N) is 1. The molecule has 1 heterocycles. The summed E-state index contributed by atoms with van der Waals surface area (Å²) in [6, 6.07) is 2.35. The van der Waals surface area contributed by atoms with Gasteiger partial charge >= 0.3 is 0 Å². The maximum absolute atomic E-state index is 5.30. The largest absolute Gasteiger partial charge is 0.367 e. The lowest BCUT2D eigenvalue weighted by atomic mass is 9.73. The Labute approximate surface area is 102 Å². The molecule has 1 aliphatic carbocycles. The average Bonchev–Trinajstić information content (AvgIpc) is 2.32. The molecule has 17 heavy (non-hydrogen) atoms. The first-order valence-electron chi connectivity index (χ1n) is 6.18. The lowest BCUT2D eigenvalue weighted by Crippen LogP contribution is -2.39. The molecule has 1 fully saturated rings. The molecule has 1 unspecified atom stereocenters. The number of hydrazine groups is 1. The standard InChI is InChI=1S/C12H21N5/c1-12(2)7-4-3-5-9(12)15-10-6-8-14-11(16-10)17-13/h6,8-9H,3-5,7,13H2,1-2H3,(H2,14,15,16,17). The number of rotatable bonds is 3. The van der Waals surface area contributed by atoms with E-state index in [-0.39, 0.29) is 0 Å². The van der Waals surface area contributed by atoms with E-state index in [1.807, 2.05) is 6.07 Å². The molecule has 0 saturated heterocycles. The molecule has 0 aromatic carbocycles. The number of hydrogen-bond donors (Lipinski definition) is 3. The van der Waals surface area contributed by atoms with E-state index in [2.05, 4.69) is 34.6 Å². The van der Waals surface area contributed by atoms with E-state index < -0.39 is 0 Å². The predicted molar refractivity (Wildman–Crippen MR) is 69.5 cm³/mol. The van der Waals surface area contributed by atoms with E-state index >= 15 is 0 Å². The molecule has 1 atom stereocenters. The Bertz CT molecular complexity index is 377. The maximum atomic E-state index is 5.30. The zero-order chi connectivity index (χ0) is 12.3. The van der Waals surface area contributed by atoms with Crippen LogP contribution in [0.5, 0.6) is 0 Å². The van der Waals surface area contributed by atoms with E-state index in [0.717, 1.165) is 5.82 Å². The summed E-state index contributed by atoms with van der Waals surface area (Å²) in [6.45, 7) is 4.63. The van der Waals surface area contributed by atoms with E-state index in [1.54, 1.807) is 6.20 Å². The SMILES string of the molecule is CC1(C)CCCCC1Nc1ccnc(NN)n1. The molecule has 2 rings (SSSR count). The second-order valence-corrected chi connectivity index (χ2v) is 5.34. The molecule has 0 spiro atoms. The van der Waals surface area contributed by atoms with Gasteiger partial charge < -0.3 is 5.32 Å². The third-order valence-electron chi connectivity index (χ3n) is 3.61. The van der Waals surface area contributed by atoms with Crippen molar-refractivity contribution in [3.8, 4) is 0 Å². The molecule has 1 aromatic heterocycles. The minimum absolute atomic E-state index is 0.319. The van der Waals surface area contributed by atoms with E-state index in [4.69, 9.17) is 5.84 Å². The maximum Gasteiger partial charge on any atom is 0.239 e. The van der Waals surface area contributed by atoms with Gasteiger partial charge in [0.15, 0.2) is 0 Å². The van der Waals surface area contributed by atoms with Gasteiger partial charge in [0.05, 0.1) is 0 Å². The van der Waals surface area contributed by atoms with Crippen LogP contribution in [0.4, 0.5) is 11.8 Å². The van der Waals surface area contributed by atoms with E-state index in [0.29, 0.717) is 17.4 Å². The second-order valence-electron chi connectivity index (χ2n) is 5.34. The van der Waals surface area contributed by atoms with Gasteiger partial charge in [-0.25, -0.2) is 10.8 Å². The zero-order valence-electron chi connectivity index (χ0n) is 10.5. The van der Waals surface area contributed by atoms with Crippen LogP contribution < -0.4 is 16.6 Å². The van der Waals surface area contributed by atoms with Gasteiger partial charge in [0, 0.05) is 12.2 Å². The van der Waals surface area contributed by atoms with Crippen molar-refractivity contribution in [3.05, 3.63) is 12.3 Å². The molecule has 1 aromatic rings. The fourth-order valence-electron chi connectivity index (χ4n) is 2.45. The molecule has 5 nitrogen and oxygen atoms in total. The van der Waals surface area contributed by atoms with Crippen LogP contribution in [-0.2, 0) is 0 Å². The Morgan fingerprint density at radius 2 is 2.24 bits per heavy atom. The number of aromatic nitrogens is 2. The van der Waals surface area contributed by atoms with Gasteiger partial charge in [-0.3, -0.25) is 5.43 Å². The highest BCUT2D eigenvalue weighted by atomic mass is 15.3. The third kappa shape index (κ3) is 2.85. The number of hydrogen-bond acceptors (Lipinski definition) is 5. The Morgan fingerprint density at radius 3 is 2.94 bits per heavy atom. The Hall–Kier alpha value is -1.36. The van der Waals surface area contributed by atoms with Crippen molar-refractivity contribution >= 4 is 11.8 Å². The summed E-state index contributed by atoms with van der Waals surface area (Å²) in [5.41, 5.74) is 2.78. The molecule has 0 amide bonds. The second kappa shape index (κ2) is 4.87. The lowest BCUT2D eigenvalue weighted by Gasteiger charge is -2.39. The summed E-state index contributed by atoms with van der Waals surface area (Å²) in [5.74, 6) is 6.59. The fraction of sp³-hybridized carbons (Fsp3) is 0.667. The van der Waals surface area contributed by atoms with Gasteiger partial charge in [-0.1, -0.05) is 26.7 Å². The molecule has 0 bridgehead atoms. The lowest BCUT2D eigenvalue weighted by molar-refractivity contribution is 0.216. The molecule has 1 aliphatic rings. The first-order chi connectivity index (χ1) is 8.12. The number of nitrogens with zero attached hydrogens (tertiary/aromatic N) is 2. The van der Waals surface area contributed by atoms with Gasteiger partial charge in [0.2, 0.25) is 5.95 Å². The molecule has 0 radical (unpaired) electrons. The molecule has 94 valence electrons. The van der Waals surface area contributed by atoms with Gasteiger partial charge in [-0.15, -0.1) is 0 Å². The van der Waals surface area contributed by atoms with Crippen molar-refractivity contribution in [1.29, 1.82) is 0 Å². The molecule has 0 aliphatic heterocycles. The minimum Gasteiger partial charge on any atom is -0.367 e. The highest BCUT2D eigenvalue weighted by Crippen LogP contribution is 2.36. The van der Waals surface area contributed by atoms with Crippen LogP contribution in [0.3, 0.4) is 0 Å². The van der Waals surface area contributed by atoms with Crippen LogP contribution in [0.2, 0.25) is 0 Å². The van der Waals surface area contributed by atoms with Crippen molar-refractivity contribution in [2.24, 2.45) is 11.3 Å². The fourth-order valence-corrected chi connectivity index (χ4v) is 2.45. The van der Waals surface area contributed by atoms with E-state index in [9.17, 15) is 0 Å². The monoisotopic (exact) mass is 235 g/mol. The first kappa shape index (κ1) is 12.1. The summed E-state index contributed by atoms with van der Waals surface area (Å²) >= 11 is 0. The minimum atomic E-state index is 0.319. The van der Waals surface area contributed by atoms with Crippen molar-refractivity contribution in [2.45, 2.75) is 45.6 Å². The van der Waals surface area contributed by atoms with Crippen LogP contribution in [0.25, 0.3) is 0 Å². The van der Waals surface area contributed by atoms with Crippen molar-refractivity contribution in [1.82, 2.24) is 9.97 Å². The van der Waals surface area contributed by atoms with Crippen LogP contribution in [0, 0.1) is 5.41 Å². The van der Waals surface area contributed by atoms with Crippen molar-refractivity contribution in [3.63, 3.8) is 0 Å². The van der Waals surface area contributed by atoms with E-state index in [1.165, 1.54) is 25.7 Å². The summed E-state index contributed by atoms with van der Waals surface area (Å²) < 4.78 is 0. The molecular weight excluding hydrogens is 214 g/mol. The van der Waals surface area contributed by atoms with Crippen LogP contribution in [0.1, 0.15) is 39.5 Å².